The summed E-state index contributed by atoms with van der Waals surface area (Å²) in [4.78, 5) is 17.8. The molecule has 84 valence electrons. The third-order valence-corrected chi connectivity index (χ3v) is 4.45. The highest BCUT2D eigenvalue weighted by atomic mass is 16.7. The molecule has 4 atom stereocenters. The summed E-state index contributed by atoms with van der Waals surface area (Å²) in [5.41, 5.74) is -0.979. The second kappa shape index (κ2) is 2.55. The van der Waals surface area contributed by atoms with Crippen molar-refractivity contribution in [2.45, 2.75) is 50.4 Å². The monoisotopic (exact) mass is 211 g/mol. The molecule has 0 spiro atoms. The van der Waals surface area contributed by atoms with E-state index < -0.39 is 5.60 Å². The molecule has 3 aliphatic rings. The minimum atomic E-state index is -0.690. The van der Waals surface area contributed by atoms with Crippen LogP contribution in [-0.4, -0.2) is 35.3 Å². The summed E-state index contributed by atoms with van der Waals surface area (Å²) < 4.78 is 5.56. The molecular formula is C11H17NO3. The van der Waals surface area contributed by atoms with E-state index >= 15 is 0 Å². The van der Waals surface area contributed by atoms with E-state index in [0.29, 0.717) is 12.5 Å². The SMILES string of the molecule is CC[C@@]12ON(C)[C@H]3CC[C@@](C)(OC1=O)[C@H]32. The Hall–Kier alpha value is -0.610. The summed E-state index contributed by atoms with van der Waals surface area (Å²) in [5, 5.41) is 1.87. The lowest BCUT2D eigenvalue weighted by atomic mass is 9.78. The quantitative estimate of drug-likeness (QED) is 0.609. The van der Waals surface area contributed by atoms with Gasteiger partial charge >= 0.3 is 5.97 Å². The van der Waals surface area contributed by atoms with Crippen molar-refractivity contribution in [1.29, 1.82) is 0 Å². The van der Waals surface area contributed by atoms with Gasteiger partial charge in [0.15, 0.2) is 5.60 Å². The van der Waals surface area contributed by atoms with Gasteiger partial charge < -0.3 is 4.74 Å². The highest BCUT2D eigenvalue weighted by Crippen LogP contribution is 2.58. The van der Waals surface area contributed by atoms with E-state index in [-0.39, 0.29) is 17.5 Å². The molecule has 0 amide bonds. The maximum atomic E-state index is 12.0. The molecule has 1 saturated carbocycles. The van der Waals surface area contributed by atoms with Crippen LogP contribution in [0.5, 0.6) is 0 Å². The fourth-order valence-electron chi connectivity index (χ4n) is 3.75. The highest BCUT2D eigenvalue weighted by Gasteiger charge is 2.73. The average Bonchev–Trinajstić information content (AvgIpc) is 2.72. The normalized spacial score (nSPS) is 53.4. The molecular weight excluding hydrogens is 194 g/mol. The molecule has 0 aromatic carbocycles. The van der Waals surface area contributed by atoms with Gasteiger partial charge in [-0.3, -0.25) is 4.84 Å². The van der Waals surface area contributed by atoms with Crippen molar-refractivity contribution in [2.75, 3.05) is 7.05 Å². The maximum absolute atomic E-state index is 12.0. The minimum Gasteiger partial charge on any atom is -0.457 e. The van der Waals surface area contributed by atoms with Crippen molar-refractivity contribution >= 4 is 5.97 Å². The summed E-state index contributed by atoms with van der Waals surface area (Å²) >= 11 is 0. The highest BCUT2D eigenvalue weighted by molar-refractivity contribution is 5.84. The van der Waals surface area contributed by atoms with E-state index in [9.17, 15) is 4.79 Å². The van der Waals surface area contributed by atoms with E-state index in [4.69, 9.17) is 9.57 Å². The van der Waals surface area contributed by atoms with E-state index in [2.05, 4.69) is 6.92 Å². The lowest BCUT2D eigenvalue weighted by Crippen LogP contribution is -2.42. The molecule has 15 heavy (non-hydrogen) atoms. The van der Waals surface area contributed by atoms with E-state index in [1.807, 2.05) is 19.0 Å². The molecule has 0 aromatic heterocycles. The van der Waals surface area contributed by atoms with E-state index in [1.54, 1.807) is 0 Å². The van der Waals surface area contributed by atoms with Crippen molar-refractivity contribution in [3.8, 4) is 0 Å². The Kier molecular flexibility index (Phi) is 1.63. The summed E-state index contributed by atoms with van der Waals surface area (Å²) in [6.45, 7) is 4.05. The maximum Gasteiger partial charge on any atom is 0.341 e. The molecule has 1 aliphatic carbocycles. The van der Waals surface area contributed by atoms with E-state index in [0.717, 1.165) is 12.8 Å². The van der Waals surface area contributed by atoms with Gasteiger partial charge in [0.2, 0.25) is 0 Å². The lowest BCUT2D eigenvalue weighted by molar-refractivity contribution is -0.205. The number of hydrogen-bond acceptors (Lipinski definition) is 4. The zero-order valence-electron chi connectivity index (χ0n) is 9.45. The number of nitrogens with zero attached hydrogens (tertiary/aromatic N) is 1. The first-order chi connectivity index (χ1) is 7.03. The number of hydrogen-bond donors (Lipinski definition) is 0. The van der Waals surface area contributed by atoms with Crippen LogP contribution in [0, 0.1) is 5.92 Å². The molecule has 4 nitrogen and oxygen atoms in total. The Morgan fingerprint density at radius 3 is 3.00 bits per heavy atom. The van der Waals surface area contributed by atoms with Crippen LogP contribution >= 0.6 is 0 Å². The van der Waals surface area contributed by atoms with Crippen molar-refractivity contribution in [3.63, 3.8) is 0 Å². The number of esters is 1. The Balaban J connectivity index is 2.11. The van der Waals surface area contributed by atoms with Crippen molar-refractivity contribution < 1.29 is 14.4 Å². The third kappa shape index (κ3) is 0.882. The first kappa shape index (κ1) is 9.60. The van der Waals surface area contributed by atoms with Gasteiger partial charge in [-0.05, 0) is 26.2 Å². The molecule has 0 radical (unpaired) electrons. The fraction of sp³-hybridized carbons (Fsp3) is 0.909. The third-order valence-electron chi connectivity index (χ3n) is 4.45. The predicted molar refractivity (Wildman–Crippen MR) is 52.9 cm³/mol. The van der Waals surface area contributed by atoms with Gasteiger partial charge in [-0.25, -0.2) is 4.79 Å². The van der Waals surface area contributed by atoms with Crippen LogP contribution in [0.2, 0.25) is 0 Å². The second-order valence-electron chi connectivity index (χ2n) is 5.17. The zero-order chi connectivity index (χ0) is 10.8. The molecule has 0 unspecified atom stereocenters. The van der Waals surface area contributed by atoms with Crippen LogP contribution in [0.4, 0.5) is 0 Å². The number of hydroxylamine groups is 2. The largest absolute Gasteiger partial charge is 0.457 e. The van der Waals surface area contributed by atoms with Gasteiger partial charge in [-0.2, -0.15) is 5.06 Å². The predicted octanol–water partition coefficient (Wildman–Crippen LogP) is 1.11. The second-order valence-corrected chi connectivity index (χ2v) is 5.17. The van der Waals surface area contributed by atoms with Gasteiger partial charge in [0, 0.05) is 13.1 Å². The molecule has 0 N–H and O–H groups in total. The first-order valence-electron chi connectivity index (χ1n) is 5.69. The van der Waals surface area contributed by atoms with Crippen molar-refractivity contribution in [2.24, 2.45) is 5.92 Å². The Morgan fingerprint density at radius 2 is 2.33 bits per heavy atom. The van der Waals surface area contributed by atoms with Gasteiger partial charge in [0.05, 0.1) is 5.92 Å². The van der Waals surface area contributed by atoms with Crippen LogP contribution in [0.25, 0.3) is 0 Å². The summed E-state index contributed by atoms with van der Waals surface area (Å²) in [7, 11) is 1.93. The van der Waals surface area contributed by atoms with Crippen LogP contribution in [0.15, 0.2) is 0 Å². The molecule has 3 rings (SSSR count). The molecule has 0 aromatic rings. The van der Waals surface area contributed by atoms with Crippen LogP contribution in [-0.2, 0) is 14.4 Å². The first-order valence-corrected chi connectivity index (χ1v) is 5.69. The summed E-state index contributed by atoms with van der Waals surface area (Å²) in [6, 6.07) is 0.349. The van der Waals surface area contributed by atoms with Crippen LogP contribution in [0.3, 0.4) is 0 Å². The molecule has 2 heterocycles. The standard InChI is InChI=1S/C11H17NO3/c1-4-11-8-7(12(3)15-11)5-6-10(8,2)14-9(11)13/h7-8H,4-6H2,1-3H3/t7-,8-,10+,11-/m0/s1. The number of carbonyl (C=O) groups is 1. The van der Waals surface area contributed by atoms with Crippen molar-refractivity contribution in [3.05, 3.63) is 0 Å². The minimum absolute atomic E-state index is 0.161. The molecule has 0 bridgehead atoms. The Bertz CT molecular complexity index is 332. The Labute approximate surface area is 89.5 Å². The molecule has 2 aliphatic heterocycles. The van der Waals surface area contributed by atoms with Crippen LogP contribution < -0.4 is 0 Å². The summed E-state index contributed by atoms with van der Waals surface area (Å²) in [6.07, 6.45) is 2.73. The molecule has 3 fully saturated rings. The van der Waals surface area contributed by atoms with Gasteiger partial charge in [0.25, 0.3) is 0 Å². The molecule has 2 saturated heterocycles. The van der Waals surface area contributed by atoms with Gasteiger partial charge in [-0.15, -0.1) is 0 Å². The number of carbonyl (C=O) groups excluding carboxylic acids is 1. The van der Waals surface area contributed by atoms with Crippen LogP contribution in [0.1, 0.15) is 33.1 Å². The van der Waals surface area contributed by atoms with Crippen molar-refractivity contribution in [1.82, 2.24) is 5.06 Å². The fourth-order valence-corrected chi connectivity index (χ4v) is 3.75. The van der Waals surface area contributed by atoms with E-state index in [1.165, 1.54) is 0 Å². The lowest BCUT2D eigenvalue weighted by Gasteiger charge is -2.24. The topological polar surface area (TPSA) is 38.8 Å². The molecule has 4 heteroatoms. The zero-order valence-corrected chi connectivity index (χ0v) is 9.45. The van der Waals surface area contributed by atoms with Gasteiger partial charge in [-0.1, -0.05) is 6.92 Å². The van der Waals surface area contributed by atoms with Gasteiger partial charge in [0.1, 0.15) is 5.60 Å². The smallest absolute Gasteiger partial charge is 0.341 e. The summed E-state index contributed by atoms with van der Waals surface area (Å²) in [5.74, 6) is 0.0547. The number of rotatable bonds is 1. The number of ether oxygens (including phenoxy) is 1. The average molecular weight is 211 g/mol. The Morgan fingerprint density at radius 1 is 1.60 bits per heavy atom.